The van der Waals surface area contributed by atoms with Gasteiger partial charge in [-0.3, -0.25) is 4.79 Å². The number of rotatable bonds is 3. The molecule has 1 spiro atoms. The smallest absolute Gasteiger partial charge is 0.302 e. The Bertz CT molecular complexity index is 500. The van der Waals surface area contributed by atoms with E-state index in [0.29, 0.717) is 0 Å². The second-order valence-corrected chi connectivity index (χ2v) is 7.79. The van der Waals surface area contributed by atoms with Gasteiger partial charge in [-0.15, -0.1) is 0 Å². The summed E-state index contributed by atoms with van der Waals surface area (Å²) in [7, 11) is 3.42. The molecule has 2 bridgehead atoms. The van der Waals surface area contributed by atoms with E-state index in [1.807, 2.05) is 0 Å². The van der Waals surface area contributed by atoms with Gasteiger partial charge in [-0.05, 0) is 25.7 Å². The zero-order chi connectivity index (χ0) is 15.4. The van der Waals surface area contributed by atoms with E-state index in [2.05, 4.69) is 31.9 Å². The van der Waals surface area contributed by atoms with Crippen LogP contribution >= 0.6 is 31.9 Å². The highest BCUT2D eigenvalue weighted by Gasteiger charge is 2.75. The molecule has 0 heterocycles. The Labute approximate surface area is 141 Å². The van der Waals surface area contributed by atoms with Gasteiger partial charge >= 0.3 is 5.97 Å². The molecule has 0 aromatic carbocycles. The highest BCUT2D eigenvalue weighted by molar-refractivity contribution is 9.14. The fourth-order valence-electron chi connectivity index (χ4n) is 4.94. The Morgan fingerprint density at radius 3 is 2.52 bits per heavy atom. The van der Waals surface area contributed by atoms with E-state index in [-0.39, 0.29) is 29.3 Å². The fourth-order valence-corrected chi connectivity index (χ4v) is 6.83. The Morgan fingerprint density at radius 1 is 1.29 bits per heavy atom. The lowest BCUT2D eigenvalue weighted by Crippen LogP contribution is -2.54. The first kappa shape index (κ1) is 16.0. The lowest BCUT2D eigenvalue weighted by atomic mass is 9.65. The van der Waals surface area contributed by atoms with Crippen molar-refractivity contribution in [1.29, 1.82) is 0 Å². The number of carbonyl (C=O) groups is 1. The predicted molar refractivity (Wildman–Crippen MR) is 85.1 cm³/mol. The van der Waals surface area contributed by atoms with Crippen molar-refractivity contribution < 1.29 is 19.0 Å². The molecule has 0 aliphatic heterocycles. The first-order chi connectivity index (χ1) is 9.94. The highest BCUT2D eigenvalue weighted by atomic mass is 79.9. The van der Waals surface area contributed by atoms with Gasteiger partial charge in [-0.2, -0.15) is 0 Å². The number of halogens is 2. The van der Waals surface area contributed by atoms with Gasteiger partial charge in [-0.25, -0.2) is 0 Å². The number of hydrogen-bond acceptors (Lipinski definition) is 4. The van der Waals surface area contributed by atoms with Gasteiger partial charge in [0.2, 0.25) is 0 Å². The van der Waals surface area contributed by atoms with Crippen LogP contribution in [0.2, 0.25) is 0 Å². The van der Waals surface area contributed by atoms with Crippen molar-refractivity contribution in [3.05, 3.63) is 8.96 Å². The lowest BCUT2D eigenvalue weighted by molar-refractivity contribution is -0.273. The molecule has 21 heavy (non-hydrogen) atoms. The Kier molecular flexibility index (Phi) is 4.05. The molecule has 0 unspecified atom stereocenters. The molecular formula is C15H20Br2O4. The molecule has 3 rings (SSSR count). The van der Waals surface area contributed by atoms with Crippen LogP contribution in [-0.2, 0) is 19.0 Å². The van der Waals surface area contributed by atoms with Crippen molar-refractivity contribution >= 4 is 37.8 Å². The molecule has 3 aliphatic rings. The van der Waals surface area contributed by atoms with Crippen LogP contribution in [0.15, 0.2) is 8.96 Å². The van der Waals surface area contributed by atoms with Gasteiger partial charge in [0.05, 0.1) is 5.41 Å². The molecule has 6 heteroatoms. The van der Waals surface area contributed by atoms with Crippen molar-refractivity contribution in [3.63, 3.8) is 0 Å². The molecule has 118 valence electrons. The van der Waals surface area contributed by atoms with Gasteiger partial charge in [0.15, 0.2) is 5.79 Å². The van der Waals surface area contributed by atoms with E-state index in [0.717, 1.165) is 34.6 Å². The maximum Gasteiger partial charge on any atom is 0.302 e. The fraction of sp³-hybridized carbons (Fsp3) is 0.800. The van der Waals surface area contributed by atoms with Crippen LogP contribution in [0.1, 0.15) is 32.6 Å². The molecule has 0 aromatic heterocycles. The topological polar surface area (TPSA) is 44.8 Å². The maximum absolute atomic E-state index is 11.4. The number of methoxy groups -OCH3 is 2. The molecule has 2 fully saturated rings. The molecule has 0 saturated heterocycles. The minimum Gasteiger partial charge on any atom is -0.462 e. The van der Waals surface area contributed by atoms with Crippen LogP contribution in [-0.4, -0.2) is 32.1 Å². The predicted octanol–water partition coefficient (Wildman–Crippen LogP) is 3.73. The number of esters is 1. The number of ether oxygens (including phenoxy) is 3. The first-order valence-corrected chi connectivity index (χ1v) is 8.86. The molecule has 0 amide bonds. The molecule has 0 aromatic rings. The summed E-state index contributed by atoms with van der Waals surface area (Å²) >= 11 is 7.49. The molecule has 2 saturated carbocycles. The second kappa shape index (κ2) is 5.32. The van der Waals surface area contributed by atoms with Crippen LogP contribution in [0.4, 0.5) is 0 Å². The van der Waals surface area contributed by atoms with Gasteiger partial charge < -0.3 is 14.2 Å². The van der Waals surface area contributed by atoms with Gasteiger partial charge in [0, 0.05) is 41.9 Å². The molecule has 4 atom stereocenters. The van der Waals surface area contributed by atoms with Crippen LogP contribution in [0.25, 0.3) is 0 Å². The van der Waals surface area contributed by atoms with Gasteiger partial charge in [0.1, 0.15) is 6.10 Å². The normalized spacial score (nSPS) is 40.3. The van der Waals surface area contributed by atoms with E-state index in [9.17, 15) is 4.79 Å². The Balaban J connectivity index is 2.08. The van der Waals surface area contributed by atoms with E-state index >= 15 is 0 Å². The molecule has 3 aliphatic carbocycles. The summed E-state index contributed by atoms with van der Waals surface area (Å²) in [6, 6.07) is 0. The molecule has 0 radical (unpaired) electrons. The summed E-state index contributed by atoms with van der Waals surface area (Å²) in [4.78, 5) is 11.4. The van der Waals surface area contributed by atoms with Crippen LogP contribution < -0.4 is 0 Å². The third-order valence-corrected chi connectivity index (χ3v) is 8.16. The third kappa shape index (κ3) is 1.82. The highest BCUT2D eigenvalue weighted by Crippen LogP contribution is 2.74. The summed E-state index contributed by atoms with van der Waals surface area (Å²) in [5.41, 5.74) is -0.266. The number of carbonyl (C=O) groups excluding carboxylic acids is 1. The van der Waals surface area contributed by atoms with E-state index in [4.69, 9.17) is 14.2 Å². The van der Waals surface area contributed by atoms with Crippen LogP contribution in [0.5, 0.6) is 0 Å². The van der Waals surface area contributed by atoms with Gasteiger partial charge in [-0.1, -0.05) is 31.9 Å². The monoisotopic (exact) mass is 422 g/mol. The Hall–Kier alpha value is 0.0900. The average molecular weight is 424 g/mol. The maximum atomic E-state index is 11.4. The van der Waals surface area contributed by atoms with E-state index in [1.165, 1.54) is 6.92 Å². The zero-order valence-corrected chi connectivity index (χ0v) is 15.6. The van der Waals surface area contributed by atoms with Crippen molar-refractivity contribution in [1.82, 2.24) is 0 Å². The van der Waals surface area contributed by atoms with Crippen LogP contribution in [0.3, 0.4) is 0 Å². The minimum atomic E-state index is -0.672. The van der Waals surface area contributed by atoms with Crippen molar-refractivity contribution in [2.75, 3.05) is 14.2 Å². The molecular weight excluding hydrogens is 404 g/mol. The molecule has 4 nitrogen and oxygen atoms in total. The van der Waals surface area contributed by atoms with Gasteiger partial charge in [0.25, 0.3) is 0 Å². The number of hydrogen-bond donors (Lipinski definition) is 0. The first-order valence-electron chi connectivity index (χ1n) is 7.27. The van der Waals surface area contributed by atoms with Crippen molar-refractivity contribution in [2.24, 2.45) is 17.3 Å². The quantitative estimate of drug-likeness (QED) is 0.512. The summed E-state index contributed by atoms with van der Waals surface area (Å²) in [6.45, 7) is 1.48. The largest absolute Gasteiger partial charge is 0.462 e. The average Bonchev–Trinajstić information content (AvgIpc) is 2.84. The lowest BCUT2D eigenvalue weighted by Gasteiger charge is -2.49. The second-order valence-electron chi connectivity index (χ2n) is 6.14. The minimum absolute atomic E-state index is 0.0564. The summed E-state index contributed by atoms with van der Waals surface area (Å²) in [5.74, 6) is -0.507. The van der Waals surface area contributed by atoms with Crippen molar-refractivity contribution in [2.45, 2.75) is 44.5 Å². The standard InChI is InChI=1S/C15H20Br2O4/c1-8(18)21-11-5-4-6-14-9(11)7-10(12(16)13(14)17)15(14,19-2)20-3/h9-11H,4-7H2,1-3H3/t9-,10+,11+,14-/m1/s1. The summed E-state index contributed by atoms with van der Waals surface area (Å²) in [5, 5.41) is 0. The summed E-state index contributed by atoms with van der Waals surface area (Å²) < 4.78 is 19.7. The Morgan fingerprint density at radius 2 is 1.95 bits per heavy atom. The zero-order valence-electron chi connectivity index (χ0n) is 12.4. The third-order valence-electron chi connectivity index (χ3n) is 5.54. The van der Waals surface area contributed by atoms with Crippen molar-refractivity contribution in [3.8, 4) is 0 Å². The SMILES string of the molecule is COC1(OC)[C@H]2C[C@@H]3[C@@H](OC(C)=O)CCC[C@]31C(Br)=C2Br. The summed E-state index contributed by atoms with van der Waals surface area (Å²) in [6.07, 6.45) is 3.74. The van der Waals surface area contributed by atoms with E-state index < -0.39 is 5.79 Å². The van der Waals surface area contributed by atoms with Crippen LogP contribution in [0, 0.1) is 17.3 Å². The molecule has 0 N–H and O–H groups in total. The van der Waals surface area contributed by atoms with E-state index in [1.54, 1.807) is 14.2 Å². The number of fused-ring (bicyclic) bond motifs is 1.